The molecule has 0 heterocycles. The SMILES string of the molecule is CC(C)CCSCCNCCCOC(C)C. The second-order valence-electron chi connectivity index (χ2n) is 4.82. The molecule has 0 radical (unpaired) electrons. The van der Waals surface area contributed by atoms with E-state index in [-0.39, 0.29) is 0 Å². The fourth-order valence-corrected chi connectivity index (χ4v) is 2.34. The highest BCUT2D eigenvalue weighted by Gasteiger charge is 1.95. The van der Waals surface area contributed by atoms with Gasteiger partial charge in [0.15, 0.2) is 0 Å². The minimum atomic E-state index is 0.367. The van der Waals surface area contributed by atoms with Crippen LogP contribution in [0.15, 0.2) is 0 Å². The van der Waals surface area contributed by atoms with Crippen LogP contribution in [0.4, 0.5) is 0 Å². The van der Waals surface area contributed by atoms with Crippen molar-refractivity contribution in [3.63, 3.8) is 0 Å². The molecule has 0 aromatic rings. The first-order valence-corrected chi connectivity index (χ1v) is 7.68. The summed E-state index contributed by atoms with van der Waals surface area (Å²) >= 11 is 2.06. The average Bonchev–Trinajstić information content (AvgIpc) is 2.20. The summed E-state index contributed by atoms with van der Waals surface area (Å²) in [5, 5.41) is 3.45. The molecule has 0 aliphatic carbocycles. The molecule has 0 saturated carbocycles. The summed E-state index contributed by atoms with van der Waals surface area (Å²) in [7, 11) is 0. The summed E-state index contributed by atoms with van der Waals surface area (Å²) in [4.78, 5) is 0. The Bertz CT molecular complexity index is 124. The van der Waals surface area contributed by atoms with E-state index in [1.54, 1.807) is 0 Å². The third-order valence-electron chi connectivity index (χ3n) is 2.21. The molecule has 0 aliphatic heterocycles. The van der Waals surface area contributed by atoms with Gasteiger partial charge in [-0.15, -0.1) is 0 Å². The van der Waals surface area contributed by atoms with E-state index in [4.69, 9.17) is 4.74 Å². The molecule has 0 saturated heterocycles. The molecule has 3 heteroatoms. The Morgan fingerprint density at radius 3 is 2.44 bits per heavy atom. The smallest absolute Gasteiger partial charge is 0.0518 e. The van der Waals surface area contributed by atoms with Crippen molar-refractivity contribution >= 4 is 11.8 Å². The van der Waals surface area contributed by atoms with Gasteiger partial charge in [0.1, 0.15) is 0 Å². The zero-order valence-corrected chi connectivity index (χ0v) is 12.2. The predicted molar refractivity (Wildman–Crippen MR) is 75.4 cm³/mol. The molecular formula is C13H29NOS. The van der Waals surface area contributed by atoms with E-state index in [0.29, 0.717) is 6.10 Å². The van der Waals surface area contributed by atoms with E-state index in [1.165, 1.54) is 17.9 Å². The molecule has 0 atom stereocenters. The Balaban J connectivity index is 2.93. The summed E-state index contributed by atoms with van der Waals surface area (Å²) in [5.41, 5.74) is 0. The van der Waals surface area contributed by atoms with Gasteiger partial charge >= 0.3 is 0 Å². The standard InChI is InChI=1S/C13H29NOS/c1-12(2)6-10-16-11-8-14-7-5-9-15-13(3)4/h12-14H,5-11H2,1-4H3. The molecule has 0 rings (SSSR count). The number of rotatable bonds is 11. The van der Waals surface area contributed by atoms with Crippen LogP contribution in [0.1, 0.15) is 40.5 Å². The van der Waals surface area contributed by atoms with Gasteiger partial charge in [-0.2, -0.15) is 11.8 Å². The van der Waals surface area contributed by atoms with Crippen LogP contribution in [-0.4, -0.2) is 37.3 Å². The van der Waals surface area contributed by atoms with E-state index in [1.807, 2.05) is 0 Å². The molecule has 0 aromatic heterocycles. The Labute approximate surface area is 106 Å². The molecule has 0 aliphatic rings. The second-order valence-corrected chi connectivity index (χ2v) is 6.04. The molecular weight excluding hydrogens is 218 g/mol. The number of hydrogen-bond donors (Lipinski definition) is 1. The maximum atomic E-state index is 5.47. The maximum absolute atomic E-state index is 5.47. The Kier molecular flexibility index (Phi) is 11.9. The third kappa shape index (κ3) is 14.3. The van der Waals surface area contributed by atoms with Crippen LogP contribution >= 0.6 is 11.8 Å². The van der Waals surface area contributed by atoms with Crippen LogP contribution in [0.2, 0.25) is 0 Å². The van der Waals surface area contributed by atoms with Crippen molar-refractivity contribution in [3.05, 3.63) is 0 Å². The molecule has 0 unspecified atom stereocenters. The van der Waals surface area contributed by atoms with E-state index in [0.717, 1.165) is 32.0 Å². The Morgan fingerprint density at radius 1 is 1.06 bits per heavy atom. The second kappa shape index (κ2) is 11.7. The van der Waals surface area contributed by atoms with Crippen molar-refractivity contribution in [1.82, 2.24) is 5.32 Å². The highest BCUT2D eigenvalue weighted by atomic mass is 32.2. The van der Waals surface area contributed by atoms with Gasteiger partial charge in [-0.25, -0.2) is 0 Å². The summed E-state index contributed by atoms with van der Waals surface area (Å²) in [5.74, 6) is 3.38. The molecule has 2 nitrogen and oxygen atoms in total. The van der Waals surface area contributed by atoms with Crippen LogP contribution in [0, 0.1) is 5.92 Å². The number of nitrogens with one attached hydrogen (secondary N) is 1. The van der Waals surface area contributed by atoms with Crippen molar-refractivity contribution in [3.8, 4) is 0 Å². The zero-order chi connectivity index (χ0) is 12.2. The Morgan fingerprint density at radius 2 is 1.81 bits per heavy atom. The summed E-state index contributed by atoms with van der Waals surface area (Å²) in [6.07, 6.45) is 2.83. The molecule has 0 amide bonds. The molecule has 0 aromatic carbocycles. The van der Waals surface area contributed by atoms with Crippen molar-refractivity contribution in [2.24, 2.45) is 5.92 Å². The lowest BCUT2D eigenvalue weighted by molar-refractivity contribution is 0.0772. The van der Waals surface area contributed by atoms with Gasteiger partial charge < -0.3 is 10.1 Å². The van der Waals surface area contributed by atoms with Crippen LogP contribution in [0.25, 0.3) is 0 Å². The zero-order valence-electron chi connectivity index (χ0n) is 11.4. The Hall–Kier alpha value is 0.270. The molecule has 0 spiro atoms. The van der Waals surface area contributed by atoms with E-state index >= 15 is 0 Å². The summed E-state index contributed by atoms with van der Waals surface area (Å²) < 4.78 is 5.47. The average molecular weight is 247 g/mol. The first-order chi connectivity index (χ1) is 7.63. The van der Waals surface area contributed by atoms with Crippen LogP contribution < -0.4 is 5.32 Å². The third-order valence-corrected chi connectivity index (χ3v) is 3.23. The van der Waals surface area contributed by atoms with Crippen LogP contribution in [-0.2, 0) is 4.74 Å². The van der Waals surface area contributed by atoms with Gasteiger partial charge in [-0.1, -0.05) is 13.8 Å². The molecule has 1 N–H and O–H groups in total. The first kappa shape index (κ1) is 16.3. The van der Waals surface area contributed by atoms with Gasteiger partial charge in [-0.3, -0.25) is 0 Å². The molecule has 0 fully saturated rings. The lowest BCUT2D eigenvalue weighted by atomic mass is 10.2. The minimum absolute atomic E-state index is 0.367. The lowest BCUT2D eigenvalue weighted by Gasteiger charge is -2.08. The van der Waals surface area contributed by atoms with Gasteiger partial charge in [0.05, 0.1) is 6.10 Å². The minimum Gasteiger partial charge on any atom is -0.379 e. The highest BCUT2D eigenvalue weighted by Crippen LogP contribution is 2.07. The van der Waals surface area contributed by atoms with Gasteiger partial charge in [0.25, 0.3) is 0 Å². The van der Waals surface area contributed by atoms with Gasteiger partial charge in [0.2, 0.25) is 0 Å². The van der Waals surface area contributed by atoms with Gasteiger partial charge in [0, 0.05) is 18.9 Å². The summed E-state index contributed by atoms with van der Waals surface area (Å²) in [6.45, 7) is 11.8. The van der Waals surface area contributed by atoms with Gasteiger partial charge in [-0.05, 0) is 44.9 Å². The molecule has 98 valence electrons. The van der Waals surface area contributed by atoms with Crippen molar-refractivity contribution in [1.29, 1.82) is 0 Å². The van der Waals surface area contributed by atoms with E-state index in [9.17, 15) is 0 Å². The lowest BCUT2D eigenvalue weighted by Crippen LogP contribution is -2.20. The number of hydrogen-bond acceptors (Lipinski definition) is 3. The summed E-state index contributed by atoms with van der Waals surface area (Å²) in [6, 6.07) is 0. The van der Waals surface area contributed by atoms with Crippen molar-refractivity contribution in [2.45, 2.75) is 46.6 Å². The largest absolute Gasteiger partial charge is 0.379 e. The normalized spacial score (nSPS) is 11.6. The number of thioether (sulfide) groups is 1. The van der Waals surface area contributed by atoms with E-state index in [2.05, 4.69) is 44.8 Å². The van der Waals surface area contributed by atoms with Crippen molar-refractivity contribution in [2.75, 3.05) is 31.2 Å². The topological polar surface area (TPSA) is 21.3 Å². The monoisotopic (exact) mass is 247 g/mol. The predicted octanol–water partition coefficient (Wildman–Crippen LogP) is 3.17. The van der Waals surface area contributed by atoms with Crippen LogP contribution in [0.3, 0.4) is 0 Å². The highest BCUT2D eigenvalue weighted by molar-refractivity contribution is 7.99. The van der Waals surface area contributed by atoms with Crippen molar-refractivity contribution < 1.29 is 4.74 Å². The molecule has 0 bridgehead atoms. The fourth-order valence-electron chi connectivity index (χ4n) is 1.21. The fraction of sp³-hybridized carbons (Fsp3) is 1.00. The number of ether oxygens (including phenoxy) is 1. The molecule has 16 heavy (non-hydrogen) atoms. The van der Waals surface area contributed by atoms with Crippen LogP contribution in [0.5, 0.6) is 0 Å². The quantitative estimate of drug-likeness (QED) is 0.567. The first-order valence-electron chi connectivity index (χ1n) is 6.53. The van der Waals surface area contributed by atoms with E-state index < -0.39 is 0 Å². The maximum Gasteiger partial charge on any atom is 0.0518 e.